The van der Waals surface area contributed by atoms with Gasteiger partial charge in [-0.2, -0.15) is 0 Å². The second-order valence-corrected chi connectivity index (χ2v) is 16.6. The molecular formula is C31H28Br6N4O10. The monoisotopic (exact) mass is 1090 g/mol. The normalized spacial score (nSPS) is 25.5. The average molecular weight is 1100 g/mol. The van der Waals surface area contributed by atoms with Crippen LogP contribution in [0.1, 0.15) is 18.4 Å². The summed E-state index contributed by atoms with van der Waals surface area (Å²) in [6, 6.07) is 3.59. The van der Waals surface area contributed by atoms with E-state index in [2.05, 4.69) is 117 Å². The number of methoxy groups -OCH3 is 2. The zero-order chi connectivity index (χ0) is 37.2. The Morgan fingerprint density at radius 2 is 1.29 bits per heavy atom. The fourth-order valence-electron chi connectivity index (χ4n) is 5.44. The van der Waals surface area contributed by atoms with Gasteiger partial charge < -0.3 is 44.7 Å². The maximum atomic E-state index is 12.9. The Morgan fingerprint density at radius 3 is 1.76 bits per heavy atom. The number of Topliss-reactive ketones (excluding diaryl/α,β-unsaturated/α-hetero) is 1. The van der Waals surface area contributed by atoms with E-state index in [4.69, 9.17) is 23.9 Å². The molecule has 4 atom stereocenters. The Balaban J connectivity index is 1.06. The molecule has 0 fully saturated rings. The molecule has 2 spiro atoms. The molecule has 4 unspecified atom stereocenters. The second-order valence-electron chi connectivity index (χ2n) is 11.5. The Labute approximate surface area is 341 Å². The van der Waals surface area contributed by atoms with Crippen LogP contribution in [0.4, 0.5) is 0 Å². The predicted octanol–water partition coefficient (Wildman–Crippen LogP) is 4.78. The van der Waals surface area contributed by atoms with E-state index in [0.29, 0.717) is 50.6 Å². The lowest BCUT2D eigenvalue weighted by molar-refractivity contribution is -0.123. The van der Waals surface area contributed by atoms with Gasteiger partial charge in [0.25, 0.3) is 11.8 Å². The number of nitrogens with one attached hydrogen (secondary N) is 2. The number of benzene rings is 1. The minimum atomic E-state index is -1.32. The van der Waals surface area contributed by atoms with Crippen LogP contribution in [0, 0.1) is 0 Å². The first kappa shape index (κ1) is 40.1. The number of hydrogen-bond acceptors (Lipinski definition) is 12. The fraction of sp³-hybridized carbons (Fsp3) is 0.387. The molecule has 2 aliphatic heterocycles. The standard InChI is InChI=1S/C31H28Br6N4O10/c1-47-24-17(34)7-30(26(43)21(24)36)9-19(40-50-30)28(45)38-4-3-13-5-15(32)23(16(33)6-13)49-12-14(42)11-39-29(46)20-10-31(51-41-20)8-18(35)25(48-2)22(37)27(31)44/h5-8,26-27,43-44H,3-4,9-12H2,1-2H3,(H,38,45)(H,39,46). The van der Waals surface area contributed by atoms with Crippen LogP contribution in [0.15, 0.2) is 73.0 Å². The Bertz CT molecular complexity index is 1820. The van der Waals surface area contributed by atoms with E-state index >= 15 is 0 Å². The highest BCUT2D eigenvalue weighted by atomic mass is 79.9. The summed E-state index contributed by atoms with van der Waals surface area (Å²) in [5, 5.41) is 34.7. The number of hydrogen-bond donors (Lipinski definition) is 4. The van der Waals surface area contributed by atoms with Gasteiger partial charge >= 0.3 is 0 Å². The third-order valence-corrected chi connectivity index (χ3v) is 12.0. The fourth-order valence-corrected chi connectivity index (χ4v) is 10.5. The van der Waals surface area contributed by atoms with Gasteiger partial charge in [-0.05, 0) is 132 Å². The summed E-state index contributed by atoms with van der Waals surface area (Å²) in [6.45, 7) is -0.395. The average Bonchev–Trinajstić information content (AvgIpc) is 3.71. The number of aliphatic hydroxyl groups excluding tert-OH is 2. The molecule has 2 aliphatic carbocycles. The van der Waals surface area contributed by atoms with E-state index in [-0.39, 0.29) is 44.0 Å². The molecule has 0 bridgehead atoms. The molecule has 20 heteroatoms. The third kappa shape index (κ3) is 8.37. The number of aliphatic hydroxyl groups is 2. The smallest absolute Gasteiger partial charge is 0.269 e. The molecule has 0 saturated carbocycles. The van der Waals surface area contributed by atoms with E-state index in [1.54, 1.807) is 24.3 Å². The zero-order valence-electron chi connectivity index (χ0n) is 26.5. The molecule has 0 radical (unpaired) electrons. The molecule has 51 heavy (non-hydrogen) atoms. The molecule has 1 aromatic rings. The lowest BCUT2D eigenvalue weighted by Crippen LogP contribution is -2.45. The molecule has 0 aromatic heterocycles. The molecule has 4 aliphatic rings. The van der Waals surface area contributed by atoms with Crippen molar-refractivity contribution in [3.63, 3.8) is 0 Å². The van der Waals surface area contributed by atoms with E-state index < -0.39 is 41.0 Å². The minimum absolute atomic E-state index is 0.00590. The summed E-state index contributed by atoms with van der Waals surface area (Å²) in [6.07, 6.45) is 1.34. The first-order valence-electron chi connectivity index (χ1n) is 14.8. The summed E-state index contributed by atoms with van der Waals surface area (Å²) in [4.78, 5) is 49.3. The Morgan fingerprint density at radius 1 is 0.824 bits per heavy atom. The number of nitrogens with zero attached hydrogens (tertiary/aromatic N) is 2. The predicted molar refractivity (Wildman–Crippen MR) is 206 cm³/mol. The van der Waals surface area contributed by atoms with Gasteiger partial charge in [0, 0.05) is 19.4 Å². The van der Waals surface area contributed by atoms with Crippen LogP contribution in [0.3, 0.4) is 0 Å². The number of allylic oxidation sites excluding steroid dienone is 2. The molecular weight excluding hydrogens is 1070 g/mol. The third-order valence-electron chi connectivity index (χ3n) is 8.07. The van der Waals surface area contributed by atoms with Crippen molar-refractivity contribution in [3.8, 4) is 5.75 Å². The second kappa shape index (κ2) is 16.5. The summed E-state index contributed by atoms with van der Waals surface area (Å²) in [7, 11) is 2.93. The molecule has 4 N–H and O–H groups in total. The number of ketones is 1. The van der Waals surface area contributed by atoms with Crippen LogP contribution in [-0.4, -0.2) is 96.6 Å². The Kier molecular flexibility index (Phi) is 13.0. The highest BCUT2D eigenvalue weighted by Crippen LogP contribution is 2.45. The number of amides is 2. The summed E-state index contributed by atoms with van der Waals surface area (Å²) >= 11 is 20.4. The van der Waals surface area contributed by atoms with Crippen molar-refractivity contribution < 1.29 is 48.5 Å². The van der Waals surface area contributed by atoms with Crippen LogP contribution in [0.2, 0.25) is 0 Å². The van der Waals surface area contributed by atoms with Gasteiger partial charge in [-0.1, -0.05) is 10.3 Å². The quantitative estimate of drug-likeness (QED) is 0.227. The van der Waals surface area contributed by atoms with Gasteiger partial charge in [0.05, 0.1) is 47.6 Å². The molecule has 14 nitrogen and oxygen atoms in total. The van der Waals surface area contributed by atoms with E-state index in [9.17, 15) is 24.6 Å². The van der Waals surface area contributed by atoms with Crippen molar-refractivity contribution >= 4 is 125 Å². The van der Waals surface area contributed by atoms with Crippen molar-refractivity contribution in [2.45, 2.75) is 42.7 Å². The van der Waals surface area contributed by atoms with Crippen molar-refractivity contribution in [2.75, 3.05) is 33.9 Å². The van der Waals surface area contributed by atoms with Gasteiger partial charge in [0.2, 0.25) is 0 Å². The molecule has 5 rings (SSSR count). The maximum absolute atomic E-state index is 12.9. The van der Waals surface area contributed by atoms with Gasteiger partial charge in [0.1, 0.15) is 47.5 Å². The van der Waals surface area contributed by atoms with Gasteiger partial charge in [-0.3, -0.25) is 14.4 Å². The Hall–Kier alpha value is -2.07. The van der Waals surface area contributed by atoms with Gasteiger partial charge in [-0.15, -0.1) is 0 Å². The van der Waals surface area contributed by atoms with Gasteiger partial charge in [0.15, 0.2) is 17.0 Å². The summed E-state index contributed by atoms with van der Waals surface area (Å²) < 4.78 is 19.2. The van der Waals surface area contributed by atoms with Crippen molar-refractivity contribution in [1.82, 2.24) is 10.6 Å². The molecule has 274 valence electrons. The topological polar surface area (TPSA) is 187 Å². The van der Waals surface area contributed by atoms with Crippen LogP contribution in [-0.2, 0) is 40.0 Å². The van der Waals surface area contributed by atoms with Crippen LogP contribution < -0.4 is 15.4 Å². The van der Waals surface area contributed by atoms with E-state index in [1.165, 1.54) is 14.2 Å². The van der Waals surface area contributed by atoms with Crippen LogP contribution in [0.5, 0.6) is 5.75 Å². The van der Waals surface area contributed by atoms with Crippen LogP contribution in [0.25, 0.3) is 0 Å². The molecule has 2 heterocycles. The largest absolute Gasteiger partial charge is 0.495 e. The zero-order valence-corrected chi connectivity index (χ0v) is 36.0. The van der Waals surface area contributed by atoms with Crippen molar-refractivity contribution in [2.24, 2.45) is 10.3 Å². The lowest BCUT2D eigenvalue weighted by atomic mass is 9.87. The minimum Gasteiger partial charge on any atom is -0.495 e. The lowest BCUT2D eigenvalue weighted by Gasteiger charge is -2.33. The first-order chi connectivity index (χ1) is 24.1. The molecule has 0 saturated heterocycles. The highest BCUT2D eigenvalue weighted by Gasteiger charge is 2.52. The number of oxime groups is 2. The van der Waals surface area contributed by atoms with E-state index in [0.717, 1.165) is 5.56 Å². The number of rotatable bonds is 12. The highest BCUT2D eigenvalue weighted by molar-refractivity contribution is 9.12. The van der Waals surface area contributed by atoms with E-state index in [1.807, 2.05) is 0 Å². The number of halogens is 6. The number of carbonyl (C=O) groups excluding carboxylic acids is 3. The van der Waals surface area contributed by atoms with Crippen molar-refractivity contribution in [1.29, 1.82) is 0 Å². The molecule has 1 aromatic carbocycles. The van der Waals surface area contributed by atoms with Crippen LogP contribution >= 0.6 is 95.6 Å². The van der Waals surface area contributed by atoms with Crippen molar-refractivity contribution in [3.05, 3.63) is 68.2 Å². The summed E-state index contributed by atoms with van der Waals surface area (Å²) in [5.41, 5.74) is -1.59. The number of carbonyl (C=O) groups is 3. The number of ether oxygens (including phenoxy) is 3. The summed E-state index contributed by atoms with van der Waals surface area (Å²) in [5.74, 6) is -0.284. The first-order valence-corrected chi connectivity index (χ1v) is 19.6. The maximum Gasteiger partial charge on any atom is 0.269 e. The molecule has 2 amide bonds. The SMILES string of the molecule is COC1=C(Br)C(O)C2(C=C1Br)CC(C(=O)NCCc1cc(Br)c(OCC(=O)CNC(=O)C3=NOC4(C=C(Br)C(OC)=C(Br)C4O)C3)c(Br)c1)=NO2. The van der Waals surface area contributed by atoms with Gasteiger partial charge in [-0.25, -0.2) is 0 Å².